The summed E-state index contributed by atoms with van der Waals surface area (Å²) in [6.07, 6.45) is 3.94. The van der Waals surface area contributed by atoms with Crippen LogP contribution in [-0.2, 0) is 0 Å². The van der Waals surface area contributed by atoms with E-state index in [0.717, 1.165) is 14.7 Å². The maximum atomic E-state index is 12.1. The van der Waals surface area contributed by atoms with Gasteiger partial charge >= 0.3 is 0 Å². The van der Waals surface area contributed by atoms with Crippen LogP contribution in [0.4, 0.5) is 4.39 Å². The highest BCUT2D eigenvalue weighted by atomic mass is 127. The molecular weight excluding hydrogens is 370 g/mol. The lowest BCUT2D eigenvalue weighted by Crippen LogP contribution is -2.00. The SMILES string of the molecule is Oc1ccc(C=Cc2ccc(OCCF)c(I)c2)cc1. The summed E-state index contributed by atoms with van der Waals surface area (Å²) in [6.45, 7) is -0.405. The van der Waals surface area contributed by atoms with Crippen LogP contribution in [0.3, 0.4) is 0 Å². The molecule has 0 bridgehead atoms. The molecule has 0 saturated heterocycles. The van der Waals surface area contributed by atoms with Crippen molar-refractivity contribution in [3.8, 4) is 11.5 Å². The molecule has 0 unspecified atom stereocenters. The van der Waals surface area contributed by atoms with Crippen molar-refractivity contribution in [1.82, 2.24) is 0 Å². The fourth-order valence-electron chi connectivity index (χ4n) is 1.66. The monoisotopic (exact) mass is 384 g/mol. The van der Waals surface area contributed by atoms with Crippen LogP contribution in [0.5, 0.6) is 11.5 Å². The molecule has 0 heterocycles. The first kappa shape index (κ1) is 14.8. The maximum Gasteiger partial charge on any atom is 0.132 e. The second kappa shape index (κ2) is 7.28. The van der Waals surface area contributed by atoms with Gasteiger partial charge in [-0.05, 0) is 58.0 Å². The van der Waals surface area contributed by atoms with E-state index in [1.165, 1.54) is 0 Å². The molecule has 0 aliphatic carbocycles. The van der Waals surface area contributed by atoms with Gasteiger partial charge in [0.05, 0.1) is 3.57 Å². The van der Waals surface area contributed by atoms with Crippen LogP contribution in [-0.4, -0.2) is 18.4 Å². The van der Waals surface area contributed by atoms with E-state index in [2.05, 4.69) is 22.6 Å². The van der Waals surface area contributed by atoms with Crippen LogP contribution in [0.2, 0.25) is 0 Å². The molecule has 0 aliphatic heterocycles. The van der Waals surface area contributed by atoms with Crippen molar-refractivity contribution >= 4 is 34.7 Å². The number of phenolic OH excluding ortho intramolecular Hbond substituents is 1. The first-order chi connectivity index (χ1) is 9.69. The summed E-state index contributed by atoms with van der Waals surface area (Å²) in [5.74, 6) is 0.955. The Balaban J connectivity index is 2.09. The Kier molecular flexibility index (Phi) is 5.40. The minimum Gasteiger partial charge on any atom is -0.508 e. The molecule has 0 radical (unpaired) electrons. The molecule has 20 heavy (non-hydrogen) atoms. The van der Waals surface area contributed by atoms with E-state index in [1.54, 1.807) is 12.1 Å². The molecule has 0 spiro atoms. The van der Waals surface area contributed by atoms with Gasteiger partial charge in [0.15, 0.2) is 0 Å². The van der Waals surface area contributed by atoms with E-state index in [9.17, 15) is 9.50 Å². The zero-order chi connectivity index (χ0) is 14.4. The molecule has 0 atom stereocenters. The number of benzene rings is 2. The molecule has 2 rings (SSSR count). The lowest BCUT2D eigenvalue weighted by Gasteiger charge is -2.06. The first-order valence-corrected chi connectivity index (χ1v) is 7.22. The number of aromatic hydroxyl groups is 1. The summed E-state index contributed by atoms with van der Waals surface area (Å²) in [6, 6.07) is 12.7. The Morgan fingerprint density at radius 1 is 1.05 bits per heavy atom. The van der Waals surface area contributed by atoms with E-state index in [0.29, 0.717) is 5.75 Å². The molecule has 0 amide bonds. The van der Waals surface area contributed by atoms with E-state index in [1.807, 2.05) is 42.5 Å². The van der Waals surface area contributed by atoms with Gasteiger partial charge in [0.25, 0.3) is 0 Å². The number of rotatable bonds is 5. The number of ether oxygens (including phenoxy) is 1. The zero-order valence-electron chi connectivity index (χ0n) is 10.7. The number of alkyl halides is 1. The third-order valence-electron chi connectivity index (χ3n) is 2.65. The maximum absolute atomic E-state index is 12.1. The minimum atomic E-state index is -0.488. The van der Waals surface area contributed by atoms with Crippen LogP contribution in [0.15, 0.2) is 42.5 Å². The van der Waals surface area contributed by atoms with Crippen LogP contribution in [0.1, 0.15) is 11.1 Å². The average molecular weight is 384 g/mol. The van der Waals surface area contributed by atoms with Gasteiger partial charge in [-0.2, -0.15) is 0 Å². The summed E-state index contributed by atoms with van der Waals surface area (Å²) < 4.78 is 18.3. The summed E-state index contributed by atoms with van der Waals surface area (Å²) >= 11 is 2.17. The Hall–Kier alpha value is -1.56. The van der Waals surface area contributed by atoms with Crippen molar-refractivity contribution in [3.05, 3.63) is 57.2 Å². The van der Waals surface area contributed by atoms with E-state index < -0.39 is 6.67 Å². The van der Waals surface area contributed by atoms with Crippen molar-refractivity contribution < 1.29 is 14.2 Å². The van der Waals surface area contributed by atoms with Gasteiger partial charge in [-0.3, -0.25) is 0 Å². The van der Waals surface area contributed by atoms with Crippen molar-refractivity contribution in [3.63, 3.8) is 0 Å². The topological polar surface area (TPSA) is 29.5 Å². The van der Waals surface area contributed by atoms with Crippen molar-refractivity contribution in [2.75, 3.05) is 13.3 Å². The fourth-order valence-corrected chi connectivity index (χ4v) is 2.36. The van der Waals surface area contributed by atoms with Crippen LogP contribution >= 0.6 is 22.6 Å². The fraction of sp³-hybridized carbons (Fsp3) is 0.125. The standard InChI is InChI=1S/C16H14FIO2/c17-9-10-20-16-8-5-13(11-15(16)18)2-1-12-3-6-14(19)7-4-12/h1-8,11,19H,9-10H2. The van der Waals surface area contributed by atoms with Gasteiger partial charge < -0.3 is 9.84 Å². The van der Waals surface area contributed by atoms with Gasteiger partial charge in [0.1, 0.15) is 24.8 Å². The minimum absolute atomic E-state index is 0.0820. The Bertz CT molecular complexity index is 594. The highest BCUT2D eigenvalue weighted by Gasteiger charge is 2.01. The van der Waals surface area contributed by atoms with E-state index >= 15 is 0 Å². The Morgan fingerprint density at radius 2 is 1.70 bits per heavy atom. The van der Waals surface area contributed by atoms with Gasteiger partial charge in [-0.15, -0.1) is 0 Å². The van der Waals surface area contributed by atoms with Crippen molar-refractivity contribution in [1.29, 1.82) is 0 Å². The molecular formula is C16H14FIO2. The van der Waals surface area contributed by atoms with Gasteiger partial charge in [-0.1, -0.05) is 30.4 Å². The lowest BCUT2D eigenvalue weighted by atomic mass is 10.1. The molecule has 2 aromatic carbocycles. The average Bonchev–Trinajstić information content (AvgIpc) is 2.46. The first-order valence-electron chi connectivity index (χ1n) is 6.14. The zero-order valence-corrected chi connectivity index (χ0v) is 12.9. The number of hydrogen-bond acceptors (Lipinski definition) is 2. The predicted octanol–water partition coefficient (Wildman–Crippen LogP) is 4.52. The lowest BCUT2D eigenvalue weighted by molar-refractivity contribution is 0.271. The van der Waals surface area contributed by atoms with Crippen LogP contribution in [0.25, 0.3) is 12.2 Å². The summed E-state index contributed by atoms with van der Waals surface area (Å²) in [7, 11) is 0. The number of halogens is 2. The van der Waals surface area contributed by atoms with E-state index in [-0.39, 0.29) is 12.4 Å². The molecule has 0 saturated carbocycles. The second-order valence-corrected chi connectivity index (χ2v) is 5.31. The quantitative estimate of drug-likeness (QED) is 0.607. The third-order valence-corrected chi connectivity index (χ3v) is 3.49. The van der Waals surface area contributed by atoms with E-state index in [4.69, 9.17) is 4.74 Å². The summed E-state index contributed by atoms with van der Waals surface area (Å²) in [5, 5.41) is 9.21. The molecule has 4 heteroatoms. The highest BCUT2D eigenvalue weighted by Crippen LogP contribution is 2.23. The van der Waals surface area contributed by atoms with Crippen molar-refractivity contribution in [2.45, 2.75) is 0 Å². The van der Waals surface area contributed by atoms with Crippen LogP contribution in [0, 0.1) is 3.57 Å². The second-order valence-electron chi connectivity index (χ2n) is 4.15. The number of hydrogen-bond donors (Lipinski definition) is 1. The molecule has 104 valence electrons. The smallest absolute Gasteiger partial charge is 0.132 e. The predicted molar refractivity (Wildman–Crippen MR) is 87.7 cm³/mol. The van der Waals surface area contributed by atoms with Crippen LogP contribution < -0.4 is 4.74 Å². The highest BCUT2D eigenvalue weighted by molar-refractivity contribution is 14.1. The molecule has 2 aromatic rings. The molecule has 0 aromatic heterocycles. The molecule has 2 nitrogen and oxygen atoms in total. The Labute approximate surface area is 131 Å². The van der Waals surface area contributed by atoms with Gasteiger partial charge in [-0.25, -0.2) is 4.39 Å². The van der Waals surface area contributed by atoms with Crippen molar-refractivity contribution in [2.24, 2.45) is 0 Å². The molecule has 0 fully saturated rings. The molecule has 0 aliphatic rings. The Morgan fingerprint density at radius 3 is 2.35 bits per heavy atom. The summed E-state index contributed by atoms with van der Waals surface area (Å²) in [4.78, 5) is 0. The van der Waals surface area contributed by atoms with Gasteiger partial charge in [0, 0.05) is 0 Å². The van der Waals surface area contributed by atoms with Gasteiger partial charge in [0.2, 0.25) is 0 Å². The summed E-state index contributed by atoms with van der Waals surface area (Å²) in [5.41, 5.74) is 2.05. The normalized spacial score (nSPS) is 10.9. The third kappa shape index (κ3) is 4.23. The number of phenols is 1. The molecule has 1 N–H and O–H groups in total. The largest absolute Gasteiger partial charge is 0.508 e.